The van der Waals surface area contributed by atoms with E-state index in [1.54, 1.807) is 4.90 Å². The number of carbonyl (C=O) groups excluding carboxylic acids is 1. The van der Waals surface area contributed by atoms with Gasteiger partial charge in [-0.2, -0.15) is 0 Å². The van der Waals surface area contributed by atoms with Gasteiger partial charge < -0.3 is 15.7 Å². The number of nitrogens with two attached hydrogens (primary N) is 1. The number of likely N-dealkylation sites (tertiary alicyclic amines) is 1. The Morgan fingerprint density at radius 2 is 2.29 bits per heavy atom. The van der Waals surface area contributed by atoms with Crippen molar-refractivity contribution in [3.8, 4) is 5.75 Å². The molecule has 5 heteroatoms. The van der Waals surface area contributed by atoms with E-state index in [9.17, 15) is 9.18 Å². The lowest BCUT2D eigenvalue weighted by atomic mass is 10.1. The van der Waals surface area contributed by atoms with E-state index in [-0.39, 0.29) is 23.3 Å². The van der Waals surface area contributed by atoms with Crippen LogP contribution >= 0.6 is 0 Å². The standard InChI is InChI=1S/C12H15FN2O2/c13-11-6-9(16)3-4-10(11)12(17)15-5-1-2-8(14)7-15/h3-4,6,8,16H,1-2,5,7,14H2. The molecule has 4 nitrogen and oxygen atoms in total. The SMILES string of the molecule is NC1CCCN(C(=O)c2ccc(O)cc2F)C1. The summed E-state index contributed by atoms with van der Waals surface area (Å²) >= 11 is 0. The average Bonchev–Trinajstić information content (AvgIpc) is 2.28. The summed E-state index contributed by atoms with van der Waals surface area (Å²) in [6.45, 7) is 1.06. The number of benzene rings is 1. The number of phenols is 1. The van der Waals surface area contributed by atoms with Gasteiger partial charge in [-0.3, -0.25) is 4.79 Å². The van der Waals surface area contributed by atoms with Crippen LogP contribution in [-0.4, -0.2) is 35.0 Å². The van der Waals surface area contributed by atoms with Gasteiger partial charge >= 0.3 is 0 Å². The Kier molecular flexibility index (Phi) is 3.28. The number of carbonyl (C=O) groups is 1. The highest BCUT2D eigenvalue weighted by atomic mass is 19.1. The van der Waals surface area contributed by atoms with Crippen LogP contribution in [0.2, 0.25) is 0 Å². The van der Waals surface area contributed by atoms with Crippen LogP contribution in [-0.2, 0) is 0 Å². The lowest BCUT2D eigenvalue weighted by Gasteiger charge is -2.30. The minimum Gasteiger partial charge on any atom is -0.508 e. The highest BCUT2D eigenvalue weighted by molar-refractivity contribution is 5.94. The van der Waals surface area contributed by atoms with Crippen LogP contribution in [0.5, 0.6) is 5.75 Å². The van der Waals surface area contributed by atoms with Crippen molar-refractivity contribution in [2.24, 2.45) is 5.73 Å². The van der Waals surface area contributed by atoms with Crippen molar-refractivity contribution < 1.29 is 14.3 Å². The second-order valence-corrected chi connectivity index (χ2v) is 4.32. The number of hydrogen-bond acceptors (Lipinski definition) is 3. The first-order valence-corrected chi connectivity index (χ1v) is 5.61. The fraction of sp³-hybridized carbons (Fsp3) is 0.417. The van der Waals surface area contributed by atoms with Crippen molar-refractivity contribution in [1.29, 1.82) is 0 Å². The fourth-order valence-corrected chi connectivity index (χ4v) is 2.04. The van der Waals surface area contributed by atoms with E-state index in [2.05, 4.69) is 0 Å². The third-order valence-corrected chi connectivity index (χ3v) is 2.93. The van der Waals surface area contributed by atoms with Gasteiger partial charge in [-0.15, -0.1) is 0 Å². The van der Waals surface area contributed by atoms with E-state index in [1.165, 1.54) is 12.1 Å². The van der Waals surface area contributed by atoms with Crippen LogP contribution in [0.15, 0.2) is 18.2 Å². The summed E-state index contributed by atoms with van der Waals surface area (Å²) in [5.41, 5.74) is 5.76. The van der Waals surface area contributed by atoms with Crippen LogP contribution in [0, 0.1) is 5.82 Å². The molecule has 0 spiro atoms. The molecule has 2 rings (SSSR count). The van der Waals surface area contributed by atoms with Crippen molar-refractivity contribution in [1.82, 2.24) is 4.90 Å². The van der Waals surface area contributed by atoms with E-state index >= 15 is 0 Å². The molecule has 0 aromatic heterocycles. The maximum atomic E-state index is 13.5. The number of rotatable bonds is 1. The van der Waals surface area contributed by atoms with Crippen molar-refractivity contribution in [2.75, 3.05) is 13.1 Å². The second kappa shape index (κ2) is 4.71. The number of amides is 1. The second-order valence-electron chi connectivity index (χ2n) is 4.32. The van der Waals surface area contributed by atoms with Gasteiger partial charge in [-0.1, -0.05) is 0 Å². The monoisotopic (exact) mass is 238 g/mol. The van der Waals surface area contributed by atoms with Crippen molar-refractivity contribution in [3.63, 3.8) is 0 Å². The molecule has 0 bridgehead atoms. The molecule has 1 fully saturated rings. The van der Waals surface area contributed by atoms with E-state index in [0.29, 0.717) is 13.1 Å². The summed E-state index contributed by atoms with van der Waals surface area (Å²) in [6, 6.07) is 3.51. The first-order valence-electron chi connectivity index (χ1n) is 5.61. The number of piperidine rings is 1. The molecule has 1 aliphatic heterocycles. The number of hydrogen-bond donors (Lipinski definition) is 2. The van der Waals surface area contributed by atoms with Crippen LogP contribution in [0.1, 0.15) is 23.2 Å². The van der Waals surface area contributed by atoms with Gasteiger partial charge in [0.1, 0.15) is 11.6 Å². The molecule has 0 saturated carbocycles. The van der Waals surface area contributed by atoms with Gasteiger partial charge in [0, 0.05) is 25.2 Å². The fourth-order valence-electron chi connectivity index (χ4n) is 2.04. The maximum Gasteiger partial charge on any atom is 0.256 e. The van der Waals surface area contributed by atoms with Gasteiger partial charge in [-0.05, 0) is 25.0 Å². The molecule has 1 heterocycles. The zero-order chi connectivity index (χ0) is 12.4. The van der Waals surface area contributed by atoms with Crippen LogP contribution in [0.4, 0.5) is 4.39 Å². The van der Waals surface area contributed by atoms with Crippen molar-refractivity contribution >= 4 is 5.91 Å². The van der Waals surface area contributed by atoms with E-state index in [1.807, 2.05) is 0 Å². The first-order chi connectivity index (χ1) is 8.08. The molecular weight excluding hydrogens is 223 g/mol. The molecule has 1 aromatic rings. The minimum atomic E-state index is -0.700. The topological polar surface area (TPSA) is 66.6 Å². The summed E-state index contributed by atoms with van der Waals surface area (Å²) in [5, 5.41) is 9.09. The summed E-state index contributed by atoms with van der Waals surface area (Å²) in [7, 11) is 0. The van der Waals surface area contributed by atoms with Gasteiger partial charge in [-0.25, -0.2) is 4.39 Å². The van der Waals surface area contributed by atoms with E-state index < -0.39 is 5.82 Å². The largest absolute Gasteiger partial charge is 0.508 e. The van der Waals surface area contributed by atoms with Gasteiger partial charge in [0.15, 0.2) is 0 Å². The third kappa shape index (κ3) is 2.55. The van der Waals surface area contributed by atoms with Crippen LogP contribution in [0.3, 0.4) is 0 Å². The Morgan fingerprint density at radius 1 is 1.53 bits per heavy atom. The molecule has 92 valence electrons. The van der Waals surface area contributed by atoms with Gasteiger partial charge in [0.25, 0.3) is 5.91 Å². The lowest BCUT2D eigenvalue weighted by molar-refractivity contribution is 0.0704. The third-order valence-electron chi connectivity index (χ3n) is 2.93. The van der Waals surface area contributed by atoms with Crippen LogP contribution in [0.25, 0.3) is 0 Å². The molecule has 1 atom stereocenters. The predicted molar refractivity (Wildman–Crippen MR) is 61.2 cm³/mol. The Hall–Kier alpha value is -1.62. The molecular formula is C12H15FN2O2. The normalized spacial score (nSPS) is 20.4. The highest BCUT2D eigenvalue weighted by Crippen LogP contribution is 2.18. The molecule has 1 saturated heterocycles. The quantitative estimate of drug-likeness (QED) is 0.769. The summed E-state index contributed by atoms with van der Waals surface area (Å²) in [5.74, 6) is -1.25. The molecule has 1 aliphatic rings. The Bertz CT molecular complexity index is 437. The van der Waals surface area contributed by atoms with Gasteiger partial charge in [0.05, 0.1) is 5.56 Å². The predicted octanol–water partition coefficient (Wildman–Crippen LogP) is 1.09. The zero-order valence-corrected chi connectivity index (χ0v) is 9.40. The number of nitrogens with zero attached hydrogens (tertiary/aromatic N) is 1. The van der Waals surface area contributed by atoms with Crippen molar-refractivity contribution in [3.05, 3.63) is 29.6 Å². The zero-order valence-electron chi connectivity index (χ0n) is 9.40. The molecule has 1 amide bonds. The van der Waals surface area contributed by atoms with Crippen molar-refractivity contribution in [2.45, 2.75) is 18.9 Å². The number of phenolic OH excluding ortho intramolecular Hbond substituents is 1. The average molecular weight is 238 g/mol. The molecule has 0 aliphatic carbocycles. The summed E-state index contributed by atoms with van der Waals surface area (Å²) < 4.78 is 13.5. The molecule has 0 radical (unpaired) electrons. The van der Waals surface area contributed by atoms with Gasteiger partial charge in [0.2, 0.25) is 0 Å². The molecule has 1 aromatic carbocycles. The number of aromatic hydroxyl groups is 1. The molecule has 17 heavy (non-hydrogen) atoms. The Labute approximate surface area is 98.8 Å². The van der Waals surface area contributed by atoms with E-state index in [0.717, 1.165) is 18.9 Å². The Balaban J connectivity index is 2.18. The summed E-state index contributed by atoms with van der Waals surface area (Å²) in [6.07, 6.45) is 1.73. The smallest absolute Gasteiger partial charge is 0.256 e. The highest BCUT2D eigenvalue weighted by Gasteiger charge is 2.24. The van der Waals surface area contributed by atoms with E-state index in [4.69, 9.17) is 10.8 Å². The maximum absolute atomic E-state index is 13.5. The Morgan fingerprint density at radius 3 is 2.94 bits per heavy atom. The van der Waals surface area contributed by atoms with Crippen LogP contribution < -0.4 is 5.73 Å². The summed E-state index contributed by atoms with van der Waals surface area (Å²) in [4.78, 5) is 13.6. The molecule has 1 unspecified atom stereocenters. The minimum absolute atomic E-state index is 0.0168. The lowest BCUT2D eigenvalue weighted by Crippen LogP contribution is -2.45. The number of halogens is 1. The first kappa shape index (κ1) is 11.9. The molecule has 3 N–H and O–H groups in total.